The molecule has 1 amide bonds. The second-order valence-corrected chi connectivity index (χ2v) is 11.7. The first-order valence-electron chi connectivity index (χ1n) is 10.2. The van der Waals surface area contributed by atoms with Crippen LogP contribution in [-0.4, -0.2) is 69.5 Å². The Kier molecular flexibility index (Phi) is 6.92. The lowest BCUT2D eigenvalue weighted by Crippen LogP contribution is -2.48. The number of rotatable bonds is 7. The van der Waals surface area contributed by atoms with Crippen LogP contribution in [0.1, 0.15) is 6.42 Å². The number of hydrogen-bond acceptors (Lipinski definition) is 8. The third-order valence-corrected chi connectivity index (χ3v) is 8.54. The van der Waals surface area contributed by atoms with E-state index in [9.17, 15) is 13.2 Å². The Morgan fingerprint density at radius 1 is 1.12 bits per heavy atom. The van der Waals surface area contributed by atoms with Gasteiger partial charge >= 0.3 is 0 Å². The number of fused-ring (bicyclic) bond motifs is 1. The topological polar surface area (TPSA) is 79.8 Å². The minimum absolute atomic E-state index is 0.161. The summed E-state index contributed by atoms with van der Waals surface area (Å²) in [5.74, 6) is 1.72. The van der Waals surface area contributed by atoms with E-state index in [1.54, 1.807) is 31.0 Å². The first kappa shape index (κ1) is 22.9. The molecule has 0 bridgehead atoms. The number of para-hydroxylation sites is 1. The molecule has 0 unspecified atom stereocenters. The van der Waals surface area contributed by atoms with Crippen molar-refractivity contribution in [3.63, 3.8) is 0 Å². The number of thioether (sulfide) groups is 1. The van der Waals surface area contributed by atoms with Crippen LogP contribution in [0.15, 0.2) is 52.3 Å². The van der Waals surface area contributed by atoms with Gasteiger partial charge in [-0.2, -0.15) is 0 Å². The van der Waals surface area contributed by atoms with E-state index in [1.165, 1.54) is 17.6 Å². The molecule has 0 radical (unpaired) electrons. The van der Waals surface area contributed by atoms with Crippen molar-refractivity contribution in [1.82, 2.24) is 9.88 Å². The fraction of sp³-hybridized carbons (Fsp3) is 0.364. The van der Waals surface area contributed by atoms with E-state index in [-0.39, 0.29) is 10.8 Å². The Bertz CT molecular complexity index is 1200. The van der Waals surface area contributed by atoms with Crippen molar-refractivity contribution in [2.45, 2.75) is 16.2 Å². The number of sulfone groups is 1. The molecule has 0 atom stereocenters. The number of anilines is 1. The summed E-state index contributed by atoms with van der Waals surface area (Å²) in [7, 11) is -1.69. The number of carbonyl (C=O) groups is 1. The van der Waals surface area contributed by atoms with Crippen LogP contribution in [0.5, 0.6) is 5.75 Å². The number of methoxy groups -OCH3 is 1. The summed E-state index contributed by atoms with van der Waals surface area (Å²) in [5, 5.41) is 0.804. The van der Waals surface area contributed by atoms with E-state index >= 15 is 0 Å². The summed E-state index contributed by atoms with van der Waals surface area (Å²) in [6, 6.07) is 13.1. The van der Waals surface area contributed by atoms with Crippen LogP contribution in [0.25, 0.3) is 10.2 Å². The zero-order chi connectivity index (χ0) is 22.7. The molecule has 1 aliphatic rings. The van der Waals surface area contributed by atoms with E-state index in [0.717, 1.165) is 26.2 Å². The highest BCUT2D eigenvalue weighted by atomic mass is 32.2. The molecule has 3 aromatic rings. The van der Waals surface area contributed by atoms with Crippen molar-refractivity contribution in [2.75, 3.05) is 50.2 Å². The molecule has 0 N–H and O–H groups in total. The number of hydrogen-bond donors (Lipinski definition) is 0. The maximum Gasteiger partial charge on any atom is 0.223 e. The SMILES string of the molecule is COc1ccc(SCCC(=O)N2CCN(c3nc4c(S(C)(=O)=O)cccc4s3)CC2)cc1. The van der Waals surface area contributed by atoms with Gasteiger partial charge in [-0.15, -0.1) is 11.8 Å². The van der Waals surface area contributed by atoms with Crippen LogP contribution in [0.3, 0.4) is 0 Å². The number of piperazine rings is 1. The summed E-state index contributed by atoms with van der Waals surface area (Å²) in [5.41, 5.74) is 0.532. The summed E-state index contributed by atoms with van der Waals surface area (Å²) < 4.78 is 30.1. The summed E-state index contributed by atoms with van der Waals surface area (Å²) in [6.45, 7) is 2.65. The molecule has 1 fully saturated rings. The number of carbonyl (C=O) groups excluding carboxylic acids is 1. The Morgan fingerprint density at radius 2 is 1.84 bits per heavy atom. The molecule has 0 aliphatic carbocycles. The summed E-state index contributed by atoms with van der Waals surface area (Å²) in [4.78, 5) is 22.7. The number of amides is 1. The van der Waals surface area contributed by atoms with Gasteiger partial charge in [0.25, 0.3) is 0 Å². The molecule has 170 valence electrons. The Hall–Kier alpha value is -2.30. The zero-order valence-electron chi connectivity index (χ0n) is 18.0. The van der Waals surface area contributed by atoms with Gasteiger partial charge in [-0.05, 0) is 36.4 Å². The fourth-order valence-electron chi connectivity index (χ4n) is 3.58. The fourth-order valence-corrected chi connectivity index (χ4v) is 6.36. The van der Waals surface area contributed by atoms with Crippen molar-refractivity contribution >= 4 is 54.2 Å². The molecule has 1 aromatic heterocycles. The van der Waals surface area contributed by atoms with Gasteiger partial charge in [0.15, 0.2) is 15.0 Å². The van der Waals surface area contributed by atoms with E-state index < -0.39 is 9.84 Å². The molecular formula is C22H25N3O4S3. The average Bonchev–Trinajstić information content (AvgIpc) is 3.23. The van der Waals surface area contributed by atoms with Gasteiger partial charge in [0.1, 0.15) is 11.3 Å². The molecule has 2 aromatic carbocycles. The van der Waals surface area contributed by atoms with Crippen LogP contribution >= 0.6 is 23.1 Å². The minimum Gasteiger partial charge on any atom is -0.497 e. The monoisotopic (exact) mass is 491 g/mol. The number of thiazole rings is 1. The highest BCUT2D eigenvalue weighted by Gasteiger charge is 2.24. The lowest BCUT2D eigenvalue weighted by Gasteiger charge is -2.34. The van der Waals surface area contributed by atoms with Crippen molar-refractivity contribution in [3.8, 4) is 5.75 Å². The summed E-state index contributed by atoms with van der Waals surface area (Å²) >= 11 is 3.16. The zero-order valence-corrected chi connectivity index (χ0v) is 20.4. The van der Waals surface area contributed by atoms with Crippen molar-refractivity contribution in [2.24, 2.45) is 0 Å². The highest BCUT2D eigenvalue weighted by molar-refractivity contribution is 7.99. The Labute approximate surface area is 196 Å². The quantitative estimate of drug-likeness (QED) is 0.468. The standard InChI is InChI=1S/C22H25N3O4S3/c1-29-16-6-8-17(9-7-16)30-15-10-20(26)24-11-13-25(14-12-24)22-23-21-18(31-22)4-3-5-19(21)32(2,27)28/h3-9H,10-15H2,1-2H3. The Balaban J connectivity index is 1.31. The normalized spacial score (nSPS) is 14.7. The van der Waals surface area contributed by atoms with Gasteiger partial charge in [0.05, 0.1) is 16.7 Å². The average molecular weight is 492 g/mol. The molecule has 1 saturated heterocycles. The lowest BCUT2D eigenvalue weighted by molar-refractivity contribution is -0.131. The van der Waals surface area contributed by atoms with Gasteiger partial charge in [-0.3, -0.25) is 4.79 Å². The van der Waals surface area contributed by atoms with E-state index in [1.807, 2.05) is 35.2 Å². The predicted molar refractivity (Wildman–Crippen MR) is 130 cm³/mol. The minimum atomic E-state index is -3.33. The van der Waals surface area contributed by atoms with Gasteiger partial charge < -0.3 is 14.5 Å². The first-order chi connectivity index (χ1) is 15.3. The van der Waals surface area contributed by atoms with E-state index in [4.69, 9.17) is 4.74 Å². The highest BCUT2D eigenvalue weighted by Crippen LogP contribution is 2.33. The second kappa shape index (κ2) is 9.68. The van der Waals surface area contributed by atoms with Crippen LogP contribution in [0, 0.1) is 0 Å². The molecule has 32 heavy (non-hydrogen) atoms. The summed E-state index contributed by atoms with van der Waals surface area (Å²) in [6.07, 6.45) is 1.70. The largest absolute Gasteiger partial charge is 0.497 e. The van der Waals surface area contributed by atoms with Crippen molar-refractivity contribution < 1.29 is 17.9 Å². The smallest absolute Gasteiger partial charge is 0.223 e. The van der Waals surface area contributed by atoms with Gasteiger partial charge in [-0.1, -0.05) is 17.4 Å². The number of aromatic nitrogens is 1. The maximum absolute atomic E-state index is 12.6. The van der Waals surface area contributed by atoms with Crippen LogP contribution in [0.2, 0.25) is 0 Å². The molecule has 7 nitrogen and oxygen atoms in total. The van der Waals surface area contributed by atoms with Crippen molar-refractivity contribution in [1.29, 1.82) is 0 Å². The third kappa shape index (κ3) is 5.19. The molecule has 2 heterocycles. The van der Waals surface area contributed by atoms with Gasteiger partial charge in [0, 0.05) is 49.5 Å². The number of benzene rings is 2. The van der Waals surface area contributed by atoms with Crippen LogP contribution in [0.4, 0.5) is 5.13 Å². The third-order valence-electron chi connectivity index (χ3n) is 5.32. The lowest BCUT2D eigenvalue weighted by atomic mass is 10.3. The first-order valence-corrected chi connectivity index (χ1v) is 13.9. The molecular weight excluding hydrogens is 466 g/mol. The molecule has 10 heteroatoms. The Morgan fingerprint density at radius 3 is 2.50 bits per heavy atom. The predicted octanol–water partition coefficient (Wildman–Crippen LogP) is 3.54. The van der Waals surface area contributed by atoms with Gasteiger partial charge in [-0.25, -0.2) is 13.4 Å². The molecule has 4 rings (SSSR count). The molecule has 0 spiro atoms. The molecule has 1 aliphatic heterocycles. The van der Waals surface area contributed by atoms with Crippen molar-refractivity contribution in [3.05, 3.63) is 42.5 Å². The second-order valence-electron chi connectivity index (χ2n) is 7.51. The number of nitrogens with zero attached hydrogens (tertiary/aromatic N) is 3. The van der Waals surface area contributed by atoms with E-state index in [0.29, 0.717) is 38.1 Å². The maximum atomic E-state index is 12.6. The van der Waals surface area contributed by atoms with E-state index in [2.05, 4.69) is 9.88 Å². The van der Waals surface area contributed by atoms with Crippen LogP contribution in [-0.2, 0) is 14.6 Å². The molecule has 0 saturated carbocycles. The van der Waals surface area contributed by atoms with Crippen LogP contribution < -0.4 is 9.64 Å². The van der Waals surface area contributed by atoms with Gasteiger partial charge in [0.2, 0.25) is 5.91 Å². The number of ether oxygens (including phenoxy) is 1.